The molecule has 0 fully saturated rings. The van der Waals surface area contributed by atoms with Gasteiger partial charge in [0.05, 0.1) is 18.2 Å². The second kappa shape index (κ2) is 9.32. The molecular weight excluding hydrogens is 418 g/mol. The molecule has 1 unspecified atom stereocenters. The summed E-state index contributed by atoms with van der Waals surface area (Å²) in [6.45, 7) is 1.52. The summed E-state index contributed by atoms with van der Waals surface area (Å²) in [5.74, 6) is 1.18. The molecule has 0 saturated heterocycles. The zero-order chi connectivity index (χ0) is 22.6. The van der Waals surface area contributed by atoms with E-state index in [1.165, 1.54) is 0 Å². The number of amides is 2. The first-order chi connectivity index (χ1) is 16.2. The predicted octanol–water partition coefficient (Wildman–Crippen LogP) is 3.15. The standard InChI is InChI=1S/C26H25N3O4/c30-24-17-33-22-7-8-23-18(14-22)9-12-29(26(31)20-5-2-10-27-16-20)25(23)19-4-1-6-21(15-19)32-13-3-11-28-24/h1-2,4-8,10,14-16,25H,3,9,11-13,17H2,(H,28,30). The van der Waals surface area contributed by atoms with Gasteiger partial charge in [0, 0.05) is 25.5 Å². The molecule has 33 heavy (non-hydrogen) atoms. The van der Waals surface area contributed by atoms with Crippen molar-refractivity contribution in [1.29, 1.82) is 0 Å². The fourth-order valence-electron chi connectivity index (χ4n) is 4.39. The van der Waals surface area contributed by atoms with Gasteiger partial charge in [0.1, 0.15) is 11.5 Å². The van der Waals surface area contributed by atoms with Crippen molar-refractivity contribution in [2.45, 2.75) is 18.9 Å². The molecule has 1 aromatic heterocycles. The first kappa shape index (κ1) is 21.0. The van der Waals surface area contributed by atoms with Gasteiger partial charge in [-0.05, 0) is 65.9 Å². The van der Waals surface area contributed by atoms with Crippen molar-refractivity contribution < 1.29 is 19.1 Å². The third kappa shape index (κ3) is 4.53. The Bertz CT molecular complexity index is 1170. The smallest absolute Gasteiger partial charge is 0.257 e. The molecule has 0 spiro atoms. The minimum Gasteiger partial charge on any atom is -0.494 e. The summed E-state index contributed by atoms with van der Waals surface area (Å²) in [5, 5.41) is 2.85. The van der Waals surface area contributed by atoms with Crippen LogP contribution in [0.25, 0.3) is 0 Å². The highest BCUT2D eigenvalue weighted by Crippen LogP contribution is 2.38. The molecule has 2 aromatic carbocycles. The number of benzene rings is 2. The van der Waals surface area contributed by atoms with Crippen LogP contribution >= 0.6 is 0 Å². The van der Waals surface area contributed by atoms with Crippen molar-refractivity contribution in [3.05, 3.63) is 89.2 Å². The highest BCUT2D eigenvalue weighted by molar-refractivity contribution is 5.94. The Morgan fingerprint density at radius 3 is 2.85 bits per heavy atom. The van der Waals surface area contributed by atoms with E-state index in [1.807, 2.05) is 47.4 Å². The quantitative estimate of drug-likeness (QED) is 0.625. The average Bonchev–Trinajstić information content (AvgIpc) is 2.86. The maximum atomic E-state index is 13.5. The minimum absolute atomic E-state index is 0.0340. The van der Waals surface area contributed by atoms with Crippen LogP contribution in [-0.4, -0.2) is 48.0 Å². The second-order valence-electron chi connectivity index (χ2n) is 8.17. The van der Waals surface area contributed by atoms with Crippen LogP contribution in [0.3, 0.4) is 0 Å². The molecule has 6 rings (SSSR count). The van der Waals surface area contributed by atoms with Crippen LogP contribution in [0.2, 0.25) is 0 Å². The van der Waals surface area contributed by atoms with Gasteiger partial charge in [-0.1, -0.05) is 18.2 Å². The van der Waals surface area contributed by atoms with E-state index in [-0.39, 0.29) is 24.5 Å². The Kier molecular flexibility index (Phi) is 5.93. The van der Waals surface area contributed by atoms with Crippen molar-refractivity contribution in [1.82, 2.24) is 15.2 Å². The van der Waals surface area contributed by atoms with Crippen LogP contribution in [-0.2, 0) is 11.2 Å². The van der Waals surface area contributed by atoms with Gasteiger partial charge in [-0.3, -0.25) is 14.6 Å². The normalized spacial score (nSPS) is 18.1. The molecule has 6 bridgehead atoms. The highest BCUT2D eigenvalue weighted by Gasteiger charge is 2.33. The molecule has 3 aliphatic rings. The van der Waals surface area contributed by atoms with Gasteiger partial charge in [0.2, 0.25) is 0 Å². The van der Waals surface area contributed by atoms with Gasteiger partial charge in [-0.15, -0.1) is 0 Å². The number of hydrogen-bond acceptors (Lipinski definition) is 5. The van der Waals surface area contributed by atoms with Crippen molar-refractivity contribution >= 4 is 11.8 Å². The van der Waals surface area contributed by atoms with Gasteiger partial charge in [-0.25, -0.2) is 0 Å². The number of carbonyl (C=O) groups is 2. The Balaban J connectivity index is 1.58. The maximum absolute atomic E-state index is 13.5. The van der Waals surface area contributed by atoms with Gasteiger partial charge in [0.15, 0.2) is 6.61 Å². The fraction of sp³-hybridized carbons (Fsp3) is 0.269. The van der Waals surface area contributed by atoms with Gasteiger partial charge in [0.25, 0.3) is 11.8 Å². The number of fused-ring (bicyclic) bond motifs is 8. The molecule has 0 aliphatic carbocycles. The third-order valence-electron chi connectivity index (χ3n) is 5.97. The van der Waals surface area contributed by atoms with Crippen LogP contribution in [0.4, 0.5) is 0 Å². The lowest BCUT2D eigenvalue weighted by molar-refractivity contribution is -0.123. The summed E-state index contributed by atoms with van der Waals surface area (Å²) in [4.78, 5) is 31.6. The van der Waals surface area contributed by atoms with Crippen molar-refractivity contribution in [3.8, 4) is 11.5 Å². The lowest BCUT2D eigenvalue weighted by atomic mass is 9.87. The number of pyridine rings is 1. The maximum Gasteiger partial charge on any atom is 0.257 e. The van der Waals surface area contributed by atoms with E-state index >= 15 is 0 Å². The monoisotopic (exact) mass is 443 g/mol. The van der Waals surface area contributed by atoms with E-state index in [1.54, 1.807) is 24.5 Å². The molecule has 3 aliphatic heterocycles. The molecular formula is C26H25N3O4. The Labute approximate surface area is 192 Å². The predicted molar refractivity (Wildman–Crippen MR) is 122 cm³/mol. The molecule has 2 amide bonds. The fourth-order valence-corrected chi connectivity index (χ4v) is 4.39. The SMILES string of the molecule is O=C1COc2ccc3c(c2)CCN(C(=O)c2cccnc2)C3c2cccc(c2)OCCCN1. The zero-order valence-corrected chi connectivity index (χ0v) is 18.2. The van der Waals surface area contributed by atoms with Crippen LogP contribution in [0, 0.1) is 0 Å². The first-order valence-corrected chi connectivity index (χ1v) is 11.1. The van der Waals surface area contributed by atoms with E-state index in [9.17, 15) is 9.59 Å². The molecule has 0 saturated carbocycles. The van der Waals surface area contributed by atoms with E-state index in [0.29, 0.717) is 43.9 Å². The van der Waals surface area contributed by atoms with E-state index in [0.717, 1.165) is 22.4 Å². The topological polar surface area (TPSA) is 80.8 Å². The van der Waals surface area contributed by atoms with Crippen LogP contribution in [0.1, 0.15) is 39.5 Å². The number of aromatic nitrogens is 1. The molecule has 168 valence electrons. The van der Waals surface area contributed by atoms with E-state index in [2.05, 4.69) is 10.3 Å². The Hall–Kier alpha value is -3.87. The average molecular weight is 444 g/mol. The van der Waals surface area contributed by atoms with Gasteiger partial charge >= 0.3 is 0 Å². The number of rotatable bonds is 1. The lowest BCUT2D eigenvalue weighted by Crippen LogP contribution is -2.40. The molecule has 0 radical (unpaired) electrons. The summed E-state index contributed by atoms with van der Waals surface area (Å²) in [6.07, 6.45) is 4.65. The highest BCUT2D eigenvalue weighted by atomic mass is 16.5. The summed E-state index contributed by atoms with van der Waals surface area (Å²) >= 11 is 0. The first-order valence-electron chi connectivity index (χ1n) is 11.1. The van der Waals surface area contributed by atoms with Crippen LogP contribution < -0.4 is 14.8 Å². The summed E-state index contributed by atoms with van der Waals surface area (Å²) < 4.78 is 11.7. The van der Waals surface area contributed by atoms with E-state index in [4.69, 9.17) is 9.47 Å². The van der Waals surface area contributed by atoms with Crippen molar-refractivity contribution in [3.63, 3.8) is 0 Å². The molecule has 7 heteroatoms. The molecule has 4 heterocycles. The number of carbonyl (C=O) groups excluding carboxylic acids is 2. The second-order valence-corrected chi connectivity index (χ2v) is 8.17. The zero-order valence-electron chi connectivity index (χ0n) is 18.2. The molecule has 3 aromatic rings. The summed E-state index contributed by atoms with van der Waals surface area (Å²) in [7, 11) is 0. The van der Waals surface area contributed by atoms with Crippen molar-refractivity contribution in [2.75, 3.05) is 26.3 Å². The summed E-state index contributed by atoms with van der Waals surface area (Å²) in [6, 6.07) is 17.0. The number of nitrogens with zero attached hydrogens (tertiary/aromatic N) is 2. The Morgan fingerprint density at radius 1 is 1.06 bits per heavy atom. The third-order valence-corrected chi connectivity index (χ3v) is 5.97. The van der Waals surface area contributed by atoms with Crippen LogP contribution in [0.15, 0.2) is 67.0 Å². The number of hydrogen-bond donors (Lipinski definition) is 1. The summed E-state index contributed by atoms with van der Waals surface area (Å²) in [5.41, 5.74) is 3.69. The Morgan fingerprint density at radius 2 is 1.97 bits per heavy atom. The van der Waals surface area contributed by atoms with Gasteiger partial charge < -0.3 is 19.7 Å². The molecule has 1 N–H and O–H groups in total. The molecule has 1 atom stereocenters. The van der Waals surface area contributed by atoms with Gasteiger partial charge in [-0.2, -0.15) is 0 Å². The molecule has 7 nitrogen and oxygen atoms in total. The largest absolute Gasteiger partial charge is 0.494 e. The van der Waals surface area contributed by atoms with Crippen LogP contribution in [0.5, 0.6) is 11.5 Å². The number of ether oxygens (including phenoxy) is 2. The lowest BCUT2D eigenvalue weighted by Gasteiger charge is -2.38. The van der Waals surface area contributed by atoms with Crippen molar-refractivity contribution in [2.24, 2.45) is 0 Å². The minimum atomic E-state index is -0.268. The van der Waals surface area contributed by atoms with E-state index < -0.39 is 0 Å². The number of nitrogens with one attached hydrogen (secondary N) is 1.